The summed E-state index contributed by atoms with van der Waals surface area (Å²) in [4.78, 5) is 0.871. The van der Waals surface area contributed by atoms with Gasteiger partial charge in [0.15, 0.2) is 0 Å². The number of ether oxygens (including phenoxy) is 1. The van der Waals surface area contributed by atoms with E-state index in [2.05, 4.69) is 32.1 Å². The van der Waals surface area contributed by atoms with Crippen molar-refractivity contribution in [2.75, 3.05) is 11.9 Å². The minimum absolute atomic E-state index is 0.219. The molecular formula is C27H27F3N4OS. The fraction of sp³-hybridized carbons (Fsp3) is 0.296. The summed E-state index contributed by atoms with van der Waals surface area (Å²) in [6, 6.07) is 18.7. The monoisotopic (exact) mass is 512 g/mol. The first-order valence-electron chi connectivity index (χ1n) is 11.9. The minimum Gasteiger partial charge on any atom is -0.406 e. The van der Waals surface area contributed by atoms with Crippen LogP contribution in [0.3, 0.4) is 0 Å². The Morgan fingerprint density at radius 3 is 2.67 bits per heavy atom. The van der Waals surface area contributed by atoms with Gasteiger partial charge < -0.3 is 19.9 Å². The van der Waals surface area contributed by atoms with Crippen molar-refractivity contribution in [3.05, 3.63) is 82.2 Å². The van der Waals surface area contributed by atoms with E-state index in [1.54, 1.807) is 12.1 Å². The van der Waals surface area contributed by atoms with Gasteiger partial charge in [0.05, 0.1) is 4.88 Å². The molecule has 3 N–H and O–H groups in total. The number of nitrogens with one attached hydrogen (secondary N) is 3. The Labute approximate surface area is 211 Å². The third-order valence-electron chi connectivity index (χ3n) is 6.43. The summed E-state index contributed by atoms with van der Waals surface area (Å²) >= 11 is 1.52. The van der Waals surface area contributed by atoms with E-state index in [9.17, 15) is 13.2 Å². The van der Waals surface area contributed by atoms with Crippen LogP contribution >= 0.6 is 11.3 Å². The zero-order valence-electron chi connectivity index (χ0n) is 19.6. The summed E-state index contributed by atoms with van der Waals surface area (Å²) in [6.45, 7) is 1.91. The van der Waals surface area contributed by atoms with Gasteiger partial charge >= 0.3 is 6.36 Å². The number of hydrogen-bond acceptors (Lipinski definition) is 4. The Hall–Kier alpha value is -3.30. The van der Waals surface area contributed by atoms with Gasteiger partial charge in [-0.1, -0.05) is 18.2 Å². The Morgan fingerprint density at radius 2 is 1.97 bits per heavy atom. The van der Waals surface area contributed by atoms with Gasteiger partial charge in [-0.15, -0.1) is 24.5 Å². The highest BCUT2D eigenvalue weighted by atomic mass is 32.1. The Kier molecular flexibility index (Phi) is 7.02. The first kappa shape index (κ1) is 24.4. The van der Waals surface area contributed by atoms with Crippen molar-refractivity contribution in [1.29, 1.82) is 5.41 Å². The van der Waals surface area contributed by atoms with E-state index in [-0.39, 0.29) is 5.75 Å². The Morgan fingerprint density at radius 1 is 1.14 bits per heavy atom. The summed E-state index contributed by atoms with van der Waals surface area (Å²) in [5.74, 6) is 0.139. The average Bonchev–Trinajstić information content (AvgIpc) is 3.59. The minimum atomic E-state index is -4.70. The third kappa shape index (κ3) is 5.91. The van der Waals surface area contributed by atoms with Gasteiger partial charge in [0.1, 0.15) is 11.6 Å². The molecule has 188 valence electrons. The number of aromatic nitrogens is 1. The lowest BCUT2D eigenvalue weighted by atomic mass is 10.1. The molecule has 2 aromatic carbocycles. The number of alkyl halides is 3. The number of anilines is 1. The molecule has 1 atom stereocenters. The number of rotatable bonds is 8. The Balaban J connectivity index is 1.40. The fourth-order valence-electron chi connectivity index (χ4n) is 4.75. The van der Waals surface area contributed by atoms with Crippen LogP contribution in [0.15, 0.2) is 66.0 Å². The van der Waals surface area contributed by atoms with Crippen molar-refractivity contribution in [1.82, 2.24) is 9.88 Å². The van der Waals surface area contributed by atoms with E-state index in [1.165, 1.54) is 36.3 Å². The number of nitrogens with zero attached hydrogens (tertiary/aromatic N) is 1. The molecule has 36 heavy (non-hydrogen) atoms. The van der Waals surface area contributed by atoms with E-state index in [0.29, 0.717) is 18.3 Å². The number of aryl methyl sites for hydroxylation is 1. The summed E-state index contributed by atoms with van der Waals surface area (Å²) in [6.07, 6.45) is -0.728. The molecule has 1 aliphatic rings. The molecule has 1 unspecified atom stereocenters. The predicted molar refractivity (Wildman–Crippen MR) is 138 cm³/mol. The third-order valence-corrected chi connectivity index (χ3v) is 7.32. The highest BCUT2D eigenvalue weighted by Gasteiger charge is 2.31. The Bertz CT molecular complexity index is 1320. The van der Waals surface area contributed by atoms with Crippen LogP contribution in [0.25, 0.3) is 10.9 Å². The standard InChI is InChI=1S/C27H27F3N4OS/c28-27(29,30)35-23-8-5-18(6-9-23)15-22-17-19-16-21(33-26(31)25-4-2-14-36-25)7-10-24(19)34(22)13-11-20-3-1-12-32-20/h2,4-10,14,16-17,20,32H,1,3,11-13,15H2,(H2,31,33). The van der Waals surface area contributed by atoms with Crippen LogP contribution in [0, 0.1) is 5.41 Å². The van der Waals surface area contributed by atoms with Crippen molar-refractivity contribution < 1.29 is 17.9 Å². The van der Waals surface area contributed by atoms with E-state index in [1.807, 2.05) is 29.6 Å². The molecule has 0 aliphatic carbocycles. The number of fused-ring (bicyclic) bond motifs is 1. The van der Waals surface area contributed by atoms with Crippen LogP contribution < -0.4 is 15.4 Å². The summed E-state index contributed by atoms with van der Waals surface area (Å²) in [5, 5.41) is 18.1. The first-order valence-corrected chi connectivity index (χ1v) is 12.8. The van der Waals surface area contributed by atoms with Gasteiger partial charge in [0.25, 0.3) is 0 Å². The number of halogens is 3. The summed E-state index contributed by atoms with van der Waals surface area (Å²) in [5.41, 5.74) is 3.95. The molecule has 1 fully saturated rings. The first-order chi connectivity index (χ1) is 17.3. The van der Waals surface area contributed by atoms with Gasteiger partial charge in [0.2, 0.25) is 0 Å². The lowest BCUT2D eigenvalue weighted by molar-refractivity contribution is -0.274. The molecule has 0 bridgehead atoms. The van der Waals surface area contributed by atoms with Crippen LogP contribution in [0.4, 0.5) is 18.9 Å². The quantitative estimate of drug-likeness (QED) is 0.180. The smallest absolute Gasteiger partial charge is 0.406 e. The van der Waals surface area contributed by atoms with E-state index < -0.39 is 6.36 Å². The number of amidine groups is 1. The molecule has 9 heteroatoms. The second-order valence-corrected chi connectivity index (χ2v) is 9.94. The zero-order valence-corrected chi connectivity index (χ0v) is 20.4. The molecule has 0 saturated carbocycles. The SMILES string of the molecule is N=C(Nc1ccc2c(c1)cc(Cc1ccc(OC(F)(F)F)cc1)n2CCC1CCCN1)c1cccs1. The predicted octanol–water partition coefficient (Wildman–Crippen LogP) is 6.77. The lowest BCUT2D eigenvalue weighted by Crippen LogP contribution is -2.23. The van der Waals surface area contributed by atoms with Crippen molar-refractivity contribution >= 4 is 33.8 Å². The maximum Gasteiger partial charge on any atom is 0.573 e. The van der Waals surface area contributed by atoms with E-state index in [4.69, 9.17) is 5.41 Å². The van der Waals surface area contributed by atoms with Crippen LogP contribution in [-0.2, 0) is 13.0 Å². The molecule has 0 radical (unpaired) electrons. The van der Waals surface area contributed by atoms with Gasteiger partial charge in [-0.25, -0.2) is 0 Å². The second kappa shape index (κ2) is 10.4. The highest BCUT2D eigenvalue weighted by molar-refractivity contribution is 7.12. The number of hydrogen-bond donors (Lipinski definition) is 3. The maximum absolute atomic E-state index is 12.5. The van der Waals surface area contributed by atoms with Gasteiger partial charge in [-0.3, -0.25) is 5.41 Å². The van der Waals surface area contributed by atoms with Crippen LogP contribution in [0.1, 0.15) is 35.4 Å². The van der Waals surface area contributed by atoms with E-state index >= 15 is 0 Å². The molecule has 5 nitrogen and oxygen atoms in total. The molecule has 2 aromatic heterocycles. The normalized spacial score (nSPS) is 15.9. The maximum atomic E-state index is 12.5. The number of benzene rings is 2. The summed E-state index contributed by atoms with van der Waals surface area (Å²) in [7, 11) is 0. The topological polar surface area (TPSA) is 62.1 Å². The molecule has 4 aromatic rings. The fourth-order valence-corrected chi connectivity index (χ4v) is 5.38. The summed E-state index contributed by atoms with van der Waals surface area (Å²) < 4.78 is 43.9. The second-order valence-electron chi connectivity index (χ2n) is 8.99. The van der Waals surface area contributed by atoms with Gasteiger partial charge in [-0.2, -0.15) is 0 Å². The molecule has 0 amide bonds. The van der Waals surface area contributed by atoms with Gasteiger partial charge in [-0.05, 0) is 79.2 Å². The number of thiophene rings is 1. The van der Waals surface area contributed by atoms with Crippen LogP contribution in [0.2, 0.25) is 0 Å². The van der Waals surface area contributed by atoms with Gasteiger partial charge in [0, 0.05) is 41.3 Å². The zero-order chi connectivity index (χ0) is 25.1. The van der Waals surface area contributed by atoms with Crippen LogP contribution in [-0.4, -0.2) is 29.4 Å². The molecular weight excluding hydrogens is 485 g/mol. The van der Waals surface area contributed by atoms with Crippen molar-refractivity contribution in [3.63, 3.8) is 0 Å². The highest BCUT2D eigenvalue weighted by Crippen LogP contribution is 2.28. The molecule has 0 spiro atoms. The van der Waals surface area contributed by atoms with E-state index in [0.717, 1.165) is 52.2 Å². The average molecular weight is 513 g/mol. The van der Waals surface area contributed by atoms with Crippen molar-refractivity contribution in [2.45, 2.75) is 44.6 Å². The molecule has 3 heterocycles. The lowest BCUT2D eigenvalue weighted by Gasteiger charge is -2.15. The van der Waals surface area contributed by atoms with Crippen molar-refractivity contribution in [3.8, 4) is 5.75 Å². The molecule has 1 aliphatic heterocycles. The van der Waals surface area contributed by atoms with Crippen molar-refractivity contribution in [2.24, 2.45) is 0 Å². The van der Waals surface area contributed by atoms with Crippen LogP contribution in [0.5, 0.6) is 5.75 Å². The molecule has 5 rings (SSSR count). The largest absolute Gasteiger partial charge is 0.573 e. The molecule has 1 saturated heterocycles.